The quantitative estimate of drug-likeness (QED) is 0.739. The van der Waals surface area contributed by atoms with Crippen LogP contribution >= 0.6 is 12.4 Å². The molecule has 0 unspecified atom stereocenters. The molecule has 1 aromatic heterocycles. The van der Waals surface area contributed by atoms with Crippen LogP contribution in [-0.4, -0.2) is 17.6 Å². The summed E-state index contributed by atoms with van der Waals surface area (Å²) in [5.74, 6) is -0.353. The number of carbonyl (C=O) groups excluding carboxylic acids is 1. The Kier molecular flexibility index (Phi) is 4.34. The standard InChI is InChI=1S/C8H12N2O2.ClH/c1-3-10-5-6(9)4-7(10)8(11)12-2;/h4-5H,3,9H2,1-2H3;1H. The third-order valence-corrected chi connectivity index (χ3v) is 1.65. The Morgan fingerprint density at radius 1 is 1.69 bits per heavy atom. The van der Waals surface area contributed by atoms with Gasteiger partial charge in [0.2, 0.25) is 0 Å². The Labute approximate surface area is 83.1 Å². The summed E-state index contributed by atoms with van der Waals surface area (Å²) in [5, 5.41) is 0. The number of methoxy groups -OCH3 is 1. The molecule has 5 heteroatoms. The van der Waals surface area contributed by atoms with Crippen molar-refractivity contribution < 1.29 is 9.53 Å². The van der Waals surface area contributed by atoms with Crippen LogP contribution < -0.4 is 5.73 Å². The van der Waals surface area contributed by atoms with Crippen LogP contribution in [0.4, 0.5) is 5.69 Å². The molecular formula is C8H13ClN2O2. The van der Waals surface area contributed by atoms with Gasteiger partial charge in [0.15, 0.2) is 0 Å². The predicted octanol–water partition coefficient (Wildman–Crippen LogP) is 1.30. The van der Waals surface area contributed by atoms with E-state index in [-0.39, 0.29) is 18.4 Å². The van der Waals surface area contributed by atoms with E-state index in [4.69, 9.17) is 5.73 Å². The number of hydrogen-bond donors (Lipinski definition) is 1. The highest BCUT2D eigenvalue weighted by molar-refractivity contribution is 5.88. The van der Waals surface area contributed by atoms with E-state index in [1.807, 2.05) is 6.92 Å². The Morgan fingerprint density at radius 3 is 2.77 bits per heavy atom. The monoisotopic (exact) mass is 204 g/mol. The van der Waals surface area contributed by atoms with Gasteiger partial charge in [0, 0.05) is 12.7 Å². The van der Waals surface area contributed by atoms with Crippen molar-refractivity contribution in [3.05, 3.63) is 18.0 Å². The topological polar surface area (TPSA) is 57.2 Å². The first-order valence-corrected chi connectivity index (χ1v) is 3.73. The fourth-order valence-electron chi connectivity index (χ4n) is 1.07. The molecule has 4 nitrogen and oxygen atoms in total. The zero-order valence-electron chi connectivity index (χ0n) is 7.61. The summed E-state index contributed by atoms with van der Waals surface area (Å²) in [4.78, 5) is 11.1. The van der Waals surface area contributed by atoms with E-state index < -0.39 is 0 Å². The van der Waals surface area contributed by atoms with Gasteiger partial charge in [-0.05, 0) is 13.0 Å². The first kappa shape index (κ1) is 11.8. The largest absolute Gasteiger partial charge is 0.464 e. The number of hydrogen-bond acceptors (Lipinski definition) is 3. The van der Waals surface area contributed by atoms with Crippen molar-refractivity contribution in [2.45, 2.75) is 13.5 Å². The number of aromatic nitrogens is 1. The second-order valence-electron chi connectivity index (χ2n) is 2.44. The molecule has 0 aliphatic heterocycles. The normalized spacial score (nSPS) is 9.08. The summed E-state index contributed by atoms with van der Waals surface area (Å²) < 4.78 is 6.33. The average Bonchev–Trinajstić information content (AvgIpc) is 2.45. The number of carbonyl (C=O) groups is 1. The van der Waals surface area contributed by atoms with E-state index >= 15 is 0 Å². The minimum Gasteiger partial charge on any atom is -0.464 e. The Hall–Kier alpha value is -1.16. The Balaban J connectivity index is 0.00000144. The molecule has 0 saturated heterocycles. The van der Waals surface area contributed by atoms with Crippen LogP contribution in [0.2, 0.25) is 0 Å². The van der Waals surface area contributed by atoms with Crippen LogP contribution in [0.3, 0.4) is 0 Å². The third kappa shape index (κ3) is 2.39. The number of aryl methyl sites for hydroxylation is 1. The Morgan fingerprint density at radius 2 is 2.31 bits per heavy atom. The third-order valence-electron chi connectivity index (χ3n) is 1.65. The van der Waals surface area contributed by atoms with Gasteiger partial charge in [0.25, 0.3) is 0 Å². The van der Waals surface area contributed by atoms with E-state index in [0.717, 1.165) is 0 Å². The number of anilines is 1. The number of ether oxygens (including phenoxy) is 1. The van der Waals surface area contributed by atoms with Crippen molar-refractivity contribution in [1.82, 2.24) is 4.57 Å². The molecule has 1 aromatic rings. The summed E-state index contributed by atoms with van der Waals surface area (Å²) in [7, 11) is 1.35. The van der Waals surface area contributed by atoms with Gasteiger partial charge in [0.1, 0.15) is 5.69 Å². The molecule has 1 heterocycles. The molecule has 0 aromatic carbocycles. The number of nitrogen functional groups attached to an aromatic ring is 1. The SMILES string of the molecule is CCn1cc(N)cc1C(=O)OC.Cl. The molecule has 0 amide bonds. The molecule has 1 rings (SSSR count). The minimum atomic E-state index is -0.353. The summed E-state index contributed by atoms with van der Waals surface area (Å²) in [5.41, 5.74) is 6.60. The minimum absolute atomic E-state index is 0. The van der Waals surface area contributed by atoms with Crippen molar-refractivity contribution in [3.63, 3.8) is 0 Å². The van der Waals surface area contributed by atoms with Crippen LogP contribution in [0, 0.1) is 0 Å². The molecule has 74 valence electrons. The molecule has 13 heavy (non-hydrogen) atoms. The highest BCUT2D eigenvalue weighted by Crippen LogP contribution is 2.11. The van der Waals surface area contributed by atoms with Crippen LogP contribution in [0.15, 0.2) is 12.3 Å². The fourth-order valence-corrected chi connectivity index (χ4v) is 1.07. The maximum atomic E-state index is 11.1. The van der Waals surface area contributed by atoms with Crippen molar-refractivity contribution in [1.29, 1.82) is 0 Å². The second kappa shape index (κ2) is 4.77. The Bertz CT molecular complexity index is 296. The van der Waals surface area contributed by atoms with Crippen LogP contribution in [0.5, 0.6) is 0 Å². The van der Waals surface area contributed by atoms with E-state index in [0.29, 0.717) is 17.9 Å². The van der Waals surface area contributed by atoms with Crippen molar-refractivity contribution >= 4 is 24.1 Å². The lowest BCUT2D eigenvalue weighted by Gasteiger charge is -2.02. The highest BCUT2D eigenvalue weighted by atomic mass is 35.5. The van der Waals surface area contributed by atoms with Crippen molar-refractivity contribution in [2.24, 2.45) is 0 Å². The number of nitrogens with zero attached hydrogens (tertiary/aromatic N) is 1. The zero-order valence-corrected chi connectivity index (χ0v) is 8.43. The van der Waals surface area contributed by atoms with Gasteiger partial charge in [-0.15, -0.1) is 12.4 Å². The second-order valence-corrected chi connectivity index (χ2v) is 2.44. The first-order chi connectivity index (χ1) is 5.69. The lowest BCUT2D eigenvalue weighted by Crippen LogP contribution is -2.08. The molecular weight excluding hydrogens is 192 g/mol. The van der Waals surface area contributed by atoms with Crippen LogP contribution in [0.25, 0.3) is 0 Å². The first-order valence-electron chi connectivity index (χ1n) is 3.73. The molecule has 0 saturated carbocycles. The smallest absolute Gasteiger partial charge is 0.354 e. The van der Waals surface area contributed by atoms with Gasteiger partial charge in [-0.1, -0.05) is 0 Å². The van der Waals surface area contributed by atoms with E-state index in [2.05, 4.69) is 4.74 Å². The van der Waals surface area contributed by atoms with Crippen molar-refractivity contribution in [3.8, 4) is 0 Å². The van der Waals surface area contributed by atoms with Gasteiger partial charge in [-0.25, -0.2) is 4.79 Å². The zero-order chi connectivity index (χ0) is 9.14. The molecule has 0 fully saturated rings. The lowest BCUT2D eigenvalue weighted by atomic mass is 10.4. The maximum absolute atomic E-state index is 11.1. The molecule has 0 spiro atoms. The average molecular weight is 205 g/mol. The number of nitrogens with two attached hydrogens (primary N) is 1. The summed E-state index contributed by atoms with van der Waals surface area (Å²) >= 11 is 0. The molecule has 0 atom stereocenters. The van der Waals surface area contributed by atoms with Gasteiger partial charge in [-0.2, -0.15) is 0 Å². The van der Waals surface area contributed by atoms with Gasteiger partial charge in [0.05, 0.1) is 12.8 Å². The fraction of sp³-hybridized carbons (Fsp3) is 0.375. The number of rotatable bonds is 2. The van der Waals surface area contributed by atoms with Gasteiger partial charge < -0.3 is 15.0 Å². The van der Waals surface area contributed by atoms with E-state index in [1.54, 1.807) is 16.8 Å². The van der Waals surface area contributed by atoms with Crippen molar-refractivity contribution in [2.75, 3.05) is 12.8 Å². The van der Waals surface area contributed by atoms with Gasteiger partial charge >= 0.3 is 5.97 Å². The molecule has 0 aliphatic rings. The van der Waals surface area contributed by atoms with Gasteiger partial charge in [-0.3, -0.25) is 0 Å². The molecule has 0 aliphatic carbocycles. The van der Waals surface area contributed by atoms with E-state index in [9.17, 15) is 4.79 Å². The molecule has 2 N–H and O–H groups in total. The van der Waals surface area contributed by atoms with Crippen LogP contribution in [-0.2, 0) is 11.3 Å². The molecule has 0 bridgehead atoms. The highest BCUT2D eigenvalue weighted by Gasteiger charge is 2.11. The number of halogens is 1. The molecule has 0 radical (unpaired) electrons. The summed E-state index contributed by atoms with van der Waals surface area (Å²) in [6.45, 7) is 2.65. The van der Waals surface area contributed by atoms with Crippen LogP contribution in [0.1, 0.15) is 17.4 Å². The predicted molar refractivity (Wildman–Crippen MR) is 53.1 cm³/mol. The summed E-state index contributed by atoms with van der Waals surface area (Å²) in [6.07, 6.45) is 1.71. The summed E-state index contributed by atoms with van der Waals surface area (Å²) in [6, 6.07) is 1.61. The maximum Gasteiger partial charge on any atom is 0.354 e. The number of esters is 1. The van der Waals surface area contributed by atoms with E-state index in [1.165, 1.54) is 7.11 Å². The lowest BCUT2D eigenvalue weighted by molar-refractivity contribution is 0.0588.